The fraction of sp³-hybridized carbons (Fsp3) is 0.412. The lowest BCUT2D eigenvalue weighted by Crippen LogP contribution is -2.54. The zero-order valence-corrected chi connectivity index (χ0v) is 25.8. The molecule has 0 heterocycles. The Balaban J connectivity index is 1.67. The number of benzene rings is 3. The highest BCUT2D eigenvalue weighted by atomic mass is 32.2. The van der Waals surface area contributed by atoms with Crippen LogP contribution in [-0.4, -0.2) is 50.3 Å². The lowest BCUT2D eigenvalue weighted by molar-refractivity contribution is -0.140. The quantitative estimate of drug-likeness (QED) is 0.289. The number of sulfonamides is 1. The van der Waals surface area contributed by atoms with Crippen LogP contribution < -0.4 is 9.62 Å². The average molecular weight is 590 g/mol. The Labute approximate surface area is 251 Å². The van der Waals surface area contributed by atoms with E-state index >= 15 is 0 Å². The molecule has 224 valence electrons. The molecule has 0 radical (unpaired) electrons. The van der Waals surface area contributed by atoms with Crippen LogP contribution in [0, 0.1) is 13.8 Å². The van der Waals surface area contributed by atoms with E-state index in [0.717, 1.165) is 42.4 Å². The highest BCUT2D eigenvalue weighted by molar-refractivity contribution is 7.92. The summed E-state index contributed by atoms with van der Waals surface area (Å²) in [5.41, 5.74) is 3.16. The summed E-state index contributed by atoms with van der Waals surface area (Å²) in [4.78, 5) is 29.5. The van der Waals surface area contributed by atoms with Crippen molar-refractivity contribution in [3.8, 4) is 0 Å². The van der Waals surface area contributed by atoms with E-state index in [0.29, 0.717) is 25.1 Å². The molecule has 0 aromatic heterocycles. The van der Waals surface area contributed by atoms with Crippen molar-refractivity contribution in [3.63, 3.8) is 0 Å². The van der Waals surface area contributed by atoms with Gasteiger partial charge < -0.3 is 10.2 Å². The van der Waals surface area contributed by atoms with Crippen LogP contribution in [0.1, 0.15) is 62.1 Å². The third-order valence-electron chi connectivity index (χ3n) is 8.09. The molecule has 1 N–H and O–H groups in total. The fourth-order valence-electron chi connectivity index (χ4n) is 5.63. The standard InChI is InChI=1S/C34H43N3O4S/c1-4-31(34(39)35-29-16-9-6-10-17-29)36(24-23-28-14-7-5-8-15-28)33(38)25-37(32-18-12-11-13-27(32)3)42(40,41)30-21-19-26(2)20-22-30/h5,7-8,11-15,18-22,29,31H,4,6,9-10,16-17,23-25H2,1-3H3,(H,35,39)/t31-/m0/s1. The van der Waals surface area contributed by atoms with Crippen molar-refractivity contribution in [2.75, 3.05) is 17.4 Å². The molecule has 1 fully saturated rings. The lowest BCUT2D eigenvalue weighted by atomic mass is 9.95. The Morgan fingerprint density at radius 1 is 0.881 bits per heavy atom. The predicted molar refractivity (Wildman–Crippen MR) is 168 cm³/mol. The highest BCUT2D eigenvalue weighted by Crippen LogP contribution is 2.27. The number of hydrogen-bond acceptors (Lipinski definition) is 4. The van der Waals surface area contributed by atoms with Gasteiger partial charge in [-0.25, -0.2) is 8.42 Å². The summed E-state index contributed by atoms with van der Waals surface area (Å²) in [7, 11) is -4.08. The van der Waals surface area contributed by atoms with Crippen molar-refractivity contribution in [2.24, 2.45) is 0 Å². The van der Waals surface area contributed by atoms with Crippen LogP contribution in [-0.2, 0) is 26.0 Å². The molecule has 2 amide bonds. The number of rotatable bonds is 12. The molecule has 1 atom stereocenters. The first-order valence-corrected chi connectivity index (χ1v) is 16.4. The summed E-state index contributed by atoms with van der Waals surface area (Å²) in [5, 5.41) is 3.19. The summed E-state index contributed by atoms with van der Waals surface area (Å²) in [5.74, 6) is -0.579. The molecule has 1 aliphatic carbocycles. The van der Waals surface area contributed by atoms with Crippen molar-refractivity contribution >= 4 is 27.5 Å². The second-order valence-electron chi connectivity index (χ2n) is 11.2. The zero-order valence-electron chi connectivity index (χ0n) is 25.0. The Kier molecular flexibility index (Phi) is 10.8. The number of aryl methyl sites for hydroxylation is 2. The first-order chi connectivity index (χ1) is 20.2. The fourth-order valence-corrected chi connectivity index (χ4v) is 7.11. The Morgan fingerprint density at radius 3 is 2.17 bits per heavy atom. The molecule has 3 aromatic carbocycles. The Hall–Kier alpha value is -3.65. The minimum Gasteiger partial charge on any atom is -0.352 e. The van der Waals surface area contributed by atoms with E-state index in [-0.39, 0.29) is 16.8 Å². The van der Waals surface area contributed by atoms with Crippen molar-refractivity contribution in [1.29, 1.82) is 0 Å². The van der Waals surface area contributed by atoms with E-state index in [2.05, 4.69) is 5.32 Å². The maximum atomic E-state index is 14.2. The van der Waals surface area contributed by atoms with E-state index in [1.54, 1.807) is 41.3 Å². The molecule has 0 bridgehead atoms. The second kappa shape index (κ2) is 14.5. The number of nitrogens with one attached hydrogen (secondary N) is 1. The molecule has 0 aliphatic heterocycles. The van der Waals surface area contributed by atoms with Gasteiger partial charge in [-0.05, 0) is 68.9 Å². The summed E-state index contributed by atoms with van der Waals surface area (Å²) < 4.78 is 29.3. The number of nitrogens with zero attached hydrogens (tertiary/aromatic N) is 2. The maximum Gasteiger partial charge on any atom is 0.264 e. The first kappa shape index (κ1) is 31.3. The van der Waals surface area contributed by atoms with Crippen LogP contribution in [0.5, 0.6) is 0 Å². The first-order valence-electron chi connectivity index (χ1n) is 15.0. The molecule has 0 unspecified atom stereocenters. The van der Waals surface area contributed by atoms with Crippen LogP contribution in [0.2, 0.25) is 0 Å². The van der Waals surface area contributed by atoms with Crippen molar-refractivity contribution < 1.29 is 18.0 Å². The van der Waals surface area contributed by atoms with Gasteiger partial charge in [0.25, 0.3) is 10.0 Å². The van der Waals surface area contributed by atoms with Crippen LogP contribution in [0.4, 0.5) is 5.69 Å². The average Bonchev–Trinajstić information content (AvgIpc) is 2.99. The van der Waals surface area contributed by atoms with Crippen LogP contribution in [0.3, 0.4) is 0 Å². The molecule has 1 saturated carbocycles. The van der Waals surface area contributed by atoms with E-state index in [1.807, 2.05) is 63.2 Å². The lowest BCUT2D eigenvalue weighted by Gasteiger charge is -2.34. The number of carbonyl (C=O) groups is 2. The number of anilines is 1. The van der Waals surface area contributed by atoms with Gasteiger partial charge >= 0.3 is 0 Å². The summed E-state index contributed by atoms with van der Waals surface area (Å²) in [6.07, 6.45) is 6.20. The monoisotopic (exact) mass is 589 g/mol. The summed E-state index contributed by atoms with van der Waals surface area (Å²) in [6, 6.07) is 23.0. The van der Waals surface area contributed by atoms with Crippen molar-refractivity contribution in [3.05, 3.63) is 95.6 Å². The molecule has 7 nitrogen and oxygen atoms in total. The van der Waals surface area contributed by atoms with Gasteiger partial charge in [0.2, 0.25) is 11.8 Å². The molecule has 42 heavy (non-hydrogen) atoms. The summed E-state index contributed by atoms with van der Waals surface area (Å²) in [6.45, 7) is 5.51. The molecule has 1 aliphatic rings. The molecule has 3 aromatic rings. The van der Waals surface area contributed by atoms with Crippen LogP contribution >= 0.6 is 0 Å². The number of carbonyl (C=O) groups excluding carboxylic acids is 2. The van der Waals surface area contributed by atoms with Gasteiger partial charge in [0, 0.05) is 12.6 Å². The largest absolute Gasteiger partial charge is 0.352 e. The summed E-state index contributed by atoms with van der Waals surface area (Å²) >= 11 is 0. The second-order valence-corrected chi connectivity index (χ2v) is 13.1. The number of hydrogen-bond donors (Lipinski definition) is 1. The third kappa shape index (κ3) is 7.79. The van der Waals surface area contributed by atoms with E-state index < -0.39 is 28.5 Å². The molecular formula is C34H43N3O4S. The van der Waals surface area contributed by atoms with Gasteiger partial charge in [-0.15, -0.1) is 0 Å². The highest BCUT2D eigenvalue weighted by Gasteiger charge is 2.34. The third-order valence-corrected chi connectivity index (χ3v) is 9.87. The Morgan fingerprint density at radius 2 is 1.52 bits per heavy atom. The van der Waals surface area contributed by atoms with Gasteiger partial charge in [-0.1, -0.05) is 92.4 Å². The predicted octanol–water partition coefficient (Wildman–Crippen LogP) is 5.80. The minimum atomic E-state index is -4.08. The molecule has 8 heteroatoms. The number of para-hydroxylation sites is 1. The zero-order chi connectivity index (χ0) is 30.1. The topological polar surface area (TPSA) is 86.8 Å². The van der Waals surface area contributed by atoms with Gasteiger partial charge in [0.15, 0.2) is 0 Å². The van der Waals surface area contributed by atoms with E-state index in [4.69, 9.17) is 0 Å². The number of amides is 2. The molecule has 0 saturated heterocycles. The van der Waals surface area contributed by atoms with Crippen LogP contribution in [0.15, 0.2) is 83.8 Å². The molecule has 4 rings (SSSR count). The Bertz CT molecular complexity index is 1440. The van der Waals surface area contributed by atoms with Gasteiger partial charge in [-0.3, -0.25) is 13.9 Å². The van der Waals surface area contributed by atoms with Crippen LogP contribution in [0.25, 0.3) is 0 Å². The minimum absolute atomic E-state index is 0.108. The van der Waals surface area contributed by atoms with Crippen molar-refractivity contribution in [1.82, 2.24) is 10.2 Å². The van der Waals surface area contributed by atoms with Gasteiger partial charge in [0.1, 0.15) is 12.6 Å². The van der Waals surface area contributed by atoms with Gasteiger partial charge in [0.05, 0.1) is 10.6 Å². The van der Waals surface area contributed by atoms with Crippen molar-refractivity contribution in [2.45, 2.75) is 82.7 Å². The smallest absolute Gasteiger partial charge is 0.264 e. The van der Waals surface area contributed by atoms with Gasteiger partial charge in [-0.2, -0.15) is 0 Å². The SMILES string of the molecule is CC[C@@H](C(=O)NC1CCCCC1)N(CCc1ccccc1)C(=O)CN(c1ccccc1C)S(=O)(=O)c1ccc(C)cc1. The normalized spacial score (nSPS) is 14.6. The maximum absolute atomic E-state index is 14.2. The molecule has 0 spiro atoms. The van der Waals surface area contributed by atoms with E-state index in [1.165, 1.54) is 10.7 Å². The van der Waals surface area contributed by atoms with E-state index in [9.17, 15) is 18.0 Å². The molecular weight excluding hydrogens is 546 g/mol.